The number of fused-ring (bicyclic) bond motifs is 3. The van der Waals surface area contributed by atoms with E-state index in [1.807, 2.05) is 44.2 Å². The Hall–Kier alpha value is -3.06. The zero-order valence-corrected chi connectivity index (χ0v) is 15.4. The topological polar surface area (TPSA) is 69.4 Å². The van der Waals surface area contributed by atoms with Crippen LogP contribution < -0.4 is 10.3 Å². The lowest BCUT2D eigenvalue weighted by Crippen LogP contribution is -2.15. The van der Waals surface area contributed by atoms with Crippen LogP contribution >= 0.6 is 11.3 Å². The van der Waals surface area contributed by atoms with Crippen molar-refractivity contribution in [2.75, 3.05) is 7.11 Å². The SMILES string of the molecule is COc1cccc(C=Nn2cnc3c(sc4nc(C)cc(C)c43)c2=O)c1. The molecule has 0 aliphatic rings. The van der Waals surface area contributed by atoms with E-state index < -0.39 is 0 Å². The van der Waals surface area contributed by atoms with Gasteiger partial charge in [-0.05, 0) is 43.2 Å². The van der Waals surface area contributed by atoms with E-state index in [2.05, 4.69) is 15.1 Å². The van der Waals surface area contributed by atoms with E-state index >= 15 is 0 Å². The first-order chi connectivity index (χ1) is 12.6. The highest BCUT2D eigenvalue weighted by Crippen LogP contribution is 2.31. The van der Waals surface area contributed by atoms with Crippen molar-refractivity contribution in [3.05, 3.63) is 63.8 Å². The van der Waals surface area contributed by atoms with E-state index in [0.29, 0.717) is 10.2 Å². The number of pyridine rings is 1. The van der Waals surface area contributed by atoms with E-state index in [9.17, 15) is 4.79 Å². The van der Waals surface area contributed by atoms with E-state index in [1.54, 1.807) is 13.3 Å². The fourth-order valence-corrected chi connectivity index (χ4v) is 4.07. The highest BCUT2D eigenvalue weighted by Gasteiger charge is 2.14. The van der Waals surface area contributed by atoms with Gasteiger partial charge in [0.05, 0.1) is 18.8 Å². The van der Waals surface area contributed by atoms with Gasteiger partial charge in [-0.25, -0.2) is 9.97 Å². The molecule has 0 atom stereocenters. The van der Waals surface area contributed by atoms with Gasteiger partial charge in [0.1, 0.15) is 21.6 Å². The molecule has 0 spiro atoms. The maximum absolute atomic E-state index is 12.8. The van der Waals surface area contributed by atoms with Crippen LogP contribution in [0.15, 0.2) is 46.6 Å². The minimum atomic E-state index is -0.200. The van der Waals surface area contributed by atoms with Gasteiger partial charge in [0.2, 0.25) is 0 Å². The molecule has 4 rings (SSSR count). The lowest BCUT2D eigenvalue weighted by Gasteiger charge is -2.01. The highest BCUT2D eigenvalue weighted by molar-refractivity contribution is 7.25. The van der Waals surface area contributed by atoms with Gasteiger partial charge in [-0.15, -0.1) is 11.3 Å². The Kier molecular flexibility index (Phi) is 4.00. The molecule has 130 valence electrons. The Morgan fingerprint density at radius 3 is 2.92 bits per heavy atom. The lowest BCUT2D eigenvalue weighted by atomic mass is 10.1. The van der Waals surface area contributed by atoms with Crippen LogP contribution in [-0.4, -0.2) is 28.0 Å². The second-order valence-electron chi connectivity index (χ2n) is 5.96. The van der Waals surface area contributed by atoms with Crippen LogP contribution in [0.2, 0.25) is 0 Å². The molecule has 0 fully saturated rings. The summed E-state index contributed by atoms with van der Waals surface area (Å²) in [5.41, 5.74) is 3.32. The van der Waals surface area contributed by atoms with E-state index in [4.69, 9.17) is 4.74 Å². The molecule has 0 N–H and O–H groups in total. The summed E-state index contributed by atoms with van der Waals surface area (Å²) in [6, 6.07) is 9.45. The highest BCUT2D eigenvalue weighted by atomic mass is 32.1. The molecule has 26 heavy (non-hydrogen) atoms. The predicted molar refractivity (Wildman–Crippen MR) is 105 cm³/mol. The van der Waals surface area contributed by atoms with Crippen LogP contribution in [-0.2, 0) is 0 Å². The zero-order valence-electron chi connectivity index (χ0n) is 14.6. The number of hydrogen-bond donors (Lipinski definition) is 0. The van der Waals surface area contributed by atoms with Crippen molar-refractivity contribution in [3.63, 3.8) is 0 Å². The average molecular weight is 364 g/mol. The van der Waals surface area contributed by atoms with Crippen LogP contribution in [0.25, 0.3) is 20.4 Å². The predicted octanol–water partition coefficient (Wildman–Crippen LogP) is 3.51. The molecule has 0 bridgehead atoms. The van der Waals surface area contributed by atoms with Crippen molar-refractivity contribution in [3.8, 4) is 5.75 Å². The number of aromatic nitrogens is 3. The van der Waals surface area contributed by atoms with Gasteiger partial charge in [-0.2, -0.15) is 9.78 Å². The molecular formula is C19H16N4O2S. The van der Waals surface area contributed by atoms with Crippen LogP contribution in [0.3, 0.4) is 0 Å². The van der Waals surface area contributed by atoms with Gasteiger partial charge in [0, 0.05) is 11.1 Å². The smallest absolute Gasteiger partial charge is 0.291 e. The van der Waals surface area contributed by atoms with Crippen LogP contribution in [0, 0.1) is 13.8 Å². The first-order valence-electron chi connectivity index (χ1n) is 8.03. The molecule has 0 saturated carbocycles. The molecule has 4 aromatic rings. The minimum absolute atomic E-state index is 0.200. The second-order valence-corrected chi connectivity index (χ2v) is 6.96. The normalized spacial score (nSPS) is 11.7. The number of nitrogens with zero attached hydrogens (tertiary/aromatic N) is 4. The Morgan fingerprint density at radius 2 is 2.12 bits per heavy atom. The van der Waals surface area contributed by atoms with Gasteiger partial charge in [-0.1, -0.05) is 12.1 Å². The van der Waals surface area contributed by atoms with Crippen LogP contribution in [0.1, 0.15) is 16.8 Å². The fraction of sp³-hybridized carbons (Fsp3) is 0.158. The first kappa shape index (κ1) is 16.4. The van der Waals surface area contributed by atoms with Crippen LogP contribution in [0.5, 0.6) is 5.75 Å². The van der Waals surface area contributed by atoms with Crippen molar-refractivity contribution < 1.29 is 4.74 Å². The van der Waals surface area contributed by atoms with Crippen molar-refractivity contribution in [1.82, 2.24) is 14.6 Å². The zero-order chi connectivity index (χ0) is 18.3. The van der Waals surface area contributed by atoms with Gasteiger partial charge < -0.3 is 4.74 Å². The number of methoxy groups -OCH3 is 1. The molecule has 0 unspecified atom stereocenters. The summed E-state index contributed by atoms with van der Waals surface area (Å²) in [4.78, 5) is 22.6. The Labute approximate surface area is 153 Å². The van der Waals surface area contributed by atoms with Crippen LogP contribution in [0.4, 0.5) is 0 Å². The van der Waals surface area contributed by atoms with Crippen molar-refractivity contribution in [2.24, 2.45) is 5.10 Å². The summed E-state index contributed by atoms with van der Waals surface area (Å²) in [6.07, 6.45) is 3.06. The first-order valence-corrected chi connectivity index (χ1v) is 8.85. The number of benzene rings is 1. The largest absolute Gasteiger partial charge is 0.497 e. The number of rotatable bonds is 3. The van der Waals surface area contributed by atoms with Crippen molar-refractivity contribution >= 4 is 38.0 Å². The number of thiophene rings is 1. The molecule has 3 heterocycles. The van der Waals surface area contributed by atoms with E-state index in [-0.39, 0.29) is 5.56 Å². The quantitative estimate of drug-likeness (QED) is 0.522. The summed E-state index contributed by atoms with van der Waals surface area (Å²) in [5, 5.41) is 5.20. The minimum Gasteiger partial charge on any atom is -0.497 e. The average Bonchev–Trinajstić information content (AvgIpc) is 3.00. The molecule has 7 heteroatoms. The molecule has 0 aliphatic heterocycles. The molecular weight excluding hydrogens is 348 g/mol. The Balaban J connectivity index is 1.83. The van der Waals surface area contributed by atoms with E-state index in [0.717, 1.165) is 32.8 Å². The summed E-state index contributed by atoms with van der Waals surface area (Å²) in [5.74, 6) is 0.733. The maximum atomic E-state index is 12.8. The number of ether oxygens (including phenoxy) is 1. The van der Waals surface area contributed by atoms with Crippen molar-refractivity contribution in [2.45, 2.75) is 13.8 Å². The standard InChI is InChI=1S/C19H16N4O2S/c1-11-7-12(2)22-18-15(11)16-17(26-18)19(24)23(10-20-16)21-9-13-5-4-6-14(8-13)25-3/h4-10H,1-3H3. The Bertz CT molecular complexity index is 1220. The summed E-state index contributed by atoms with van der Waals surface area (Å²) in [7, 11) is 1.61. The summed E-state index contributed by atoms with van der Waals surface area (Å²) < 4.78 is 7.01. The molecule has 1 aromatic carbocycles. The molecule has 6 nitrogen and oxygen atoms in total. The van der Waals surface area contributed by atoms with Crippen molar-refractivity contribution in [1.29, 1.82) is 0 Å². The number of aryl methyl sites for hydroxylation is 2. The third-order valence-corrected chi connectivity index (χ3v) is 5.15. The fourth-order valence-electron chi connectivity index (χ4n) is 2.89. The number of hydrogen-bond acceptors (Lipinski definition) is 6. The molecule has 3 aromatic heterocycles. The van der Waals surface area contributed by atoms with Gasteiger partial charge in [0.15, 0.2) is 0 Å². The summed E-state index contributed by atoms with van der Waals surface area (Å²) in [6.45, 7) is 3.96. The molecule has 0 radical (unpaired) electrons. The van der Waals surface area contributed by atoms with Gasteiger partial charge >= 0.3 is 0 Å². The van der Waals surface area contributed by atoms with E-state index in [1.165, 1.54) is 22.3 Å². The van der Waals surface area contributed by atoms with Gasteiger partial charge in [0.25, 0.3) is 5.56 Å². The monoisotopic (exact) mass is 364 g/mol. The molecule has 0 saturated heterocycles. The third-order valence-electron chi connectivity index (χ3n) is 4.09. The molecule has 0 amide bonds. The summed E-state index contributed by atoms with van der Waals surface area (Å²) >= 11 is 1.36. The second kappa shape index (κ2) is 6.34. The third kappa shape index (κ3) is 2.76. The Morgan fingerprint density at radius 1 is 1.27 bits per heavy atom. The lowest BCUT2D eigenvalue weighted by molar-refractivity contribution is 0.414. The maximum Gasteiger partial charge on any atom is 0.291 e. The van der Waals surface area contributed by atoms with Gasteiger partial charge in [-0.3, -0.25) is 4.79 Å². The molecule has 0 aliphatic carbocycles.